The minimum Gasteiger partial charge on any atom is -0.456 e. The van der Waals surface area contributed by atoms with Gasteiger partial charge in [0, 0.05) is 27.5 Å². The van der Waals surface area contributed by atoms with Gasteiger partial charge in [-0.1, -0.05) is 188 Å². The van der Waals surface area contributed by atoms with Gasteiger partial charge in [0.2, 0.25) is 0 Å². The topological polar surface area (TPSA) is 51.8 Å². The molecule has 3 aliphatic rings. The van der Waals surface area contributed by atoms with Gasteiger partial charge in [-0.2, -0.15) is 0 Å². The number of furan rings is 1. The van der Waals surface area contributed by atoms with Crippen LogP contribution in [0.5, 0.6) is 0 Å². The monoisotopic (exact) mass is 801 g/mol. The third-order valence-electron chi connectivity index (χ3n) is 14.0. The lowest BCUT2D eigenvalue weighted by molar-refractivity contribution is 0.633. The van der Waals surface area contributed by atoms with E-state index in [-0.39, 0.29) is 0 Å². The second-order valence-electron chi connectivity index (χ2n) is 16.9. The molecule has 3 aliphatic carbocycles. The van der Waals surface area contributed by atoms with Crippen molar-refractivity contribution in [3.05, 3.63) is 257 Å². The Kier molecular flexibility index (Phi) is 6.94. The maximum atomic E-state index is 6.27. The van der Waals surface area contributed by atoms with E-state index in [0.29, 0.717) is 17.5 Å². The molecule has 0 unspecified atom stereocenters. The standard InChI is InChI=1S/C59H35N3O/c1-2-17-36(18-3-1)55-60-56(37-33-34-53-44(35-37)42-23-8-15-32-52(42)63-53)62-57(61-55)43-24-16-31-51-54(43)59(47-27-11-6-21-40(47)41-22-7-12-28-48(41)59)50-30-14-13-29-49(50)58(51)45-25-9-4-19-38(45)39-20-5-10-26-46(39)58/h1-35H. The van der Waals surface area contributed by atoms with Crippen LogP contribution < -0.4 is 0 Å². The second kappa shape index (κ2) is 12.7. The first-order chi connectivity index (χ1) is 31.2. The summed E-state index contributed by atoms with van der Waals surface area (Å²) in [5.41, 5.74) is 18.2. The summed E-state index contributed by atoms with van der Waals surface area (Å²) in [6.45, 7) is 0. The minimum atomic E-state index is -0.707. The number of benzene rings is 9. The van der Waals surface area contributed by atoms with Crippen LogP contribution >= 0.6 is 0 Å². The van der Waals surface area contributed by atoms with Crippen LogP contribution in [0.25, 0.3) is 78.4 Å². The van der Waals surface area contributed by atoms with Crippen molar-refractivity contribution in [2.45, 2.75) is 10.8 Å². The van der Waals surface area contributed by atoms with Crippen LogP contribution in [0.3, 0.4) is 0 Å². The number of para-hydroxylation sites is 1. The second-order valence-corrected chi connectivity index (χ2v) is 16.9. The highest BCUT2D eigenvalue weighted by molar-refractivity contribution is 6.06. The van der Waals surface area contributed by atoms with Crippen molar-refractivity contribution in [3.8, 4) is 56.4 Å². The third-order valence-corrected chi connectivity index (χ3v) is 14.0. The minimum absolute atomic E-state index is 0.604. The van der Waals surface area contributed by atoms with Gasteiger partial charge in [-0.25, -0.2) is 15.0 Å². The van der Waals surface area contributed by atoms with E-state index >= 15 is 0 Å². The lowest BCUT2D eigenvalue weighted by Gasteiger charge is -2.49. The Morgan fingerprint density at radius 2 is 0.730 bits per heavy atom. The van der Waals surface area contributed by atoms with Crippen molar-refractivity contribution < 1.29 is 4.42 Å². The van der Waals surface area contributed by atoms with Gasteiger partial charge in [-0.15, -0.1) is 0 Å². The Morgan fingerprint density at radius 1 is 0.286 bits per heavy atom. The molecule has 292 valence electrons. The van der Waals surface area contributed by atoms with Crippen LogP contribution in [0.1, 0.15) is 44.5 Å². The maximum Gasteiger partial charge on any atom is 0.164 e. The molecule has 2 spiro atoms. The zero-order valence-corrected chi connectivity index (χ0v) is 34.0. The van der Waals surface area contributed by atoms with Crippen LogP contribution in [0.15, 0.2) is 217 Å². The Hall–Kier alpha value is -8.21. The molecule has 0 amide bonds. The molecule has 0 atom stereocenters. The van der Waals surface area contributed by atoms with E-state index in [1.807, 2.05) is 36.4 Å². The van der Waals surface area contributed by atoms with Crippen molar-refractivity contribution in [1.82, 2.24) is 15.0 Å². The highest BCUT2D eigenvalue weighted by Crippen LogP contribution is 2.68. The number of hydrogen-bond donors (Lipinski definition) is 0. The van der Waals surface area contributed by atoms with Gasteiger partial charge in [0.25, 0.3) is 0 Å². The van der Waals surface area contributed by atoms with E-state index in [1.54, 1.807) is 0 Å². The van der Waals surface area contributed by atoms with Gasteiger partial charge < -0.3 is 4.42 Å². The van der Waals surface area contributed by atoms with E-state index in [2.05, 4.69) is 176 Å². The number of hydrogen-bond acceptors (Lipinski definition) is 4. The predicted molar refractivity (Wildman–Crippen MR) is 252 cm³/mol. The van der Waals surface area contributed by atoms with Crippen molar-refractivity contribution in [2.75, 3.05) is 0 Å². The molecule has 0 fully saturated rings. The summed E-state index contributed by atoms with van der Waals surface area (Å²) < 4.78 is 6.27. The first kappa shape index (κ1) is 34.5. The SMILES string of the molecule is c1ccc(-c2nc(-c3ccc4oc5ccccc5c4c3)nc(-c3cccc4c3C3(c5ccccc5-c5ccccc53)c3ccccc3C43c4ccccc4-c4ccccc43)n2)cc1. The first-order valence-corrected chi connectivity index (χ1v) is 21.6. The Balaban J connectivity index is 1.15. The van der Waals surface area contributed by atoms with Crippen LogP contribution in [0.4, 0.5) is 0 Å². The molecule has 11 aromatic rings. The van der Waals surface area contributed by atoms with Gasteiger partial charge in [-0.3, -0.25) is 0 Å². The van der Waals surface area contributed by atoms with E-state index < -0.39 is 10.8 Å². The molecule has 0 saturated heterocycles. The average molecular weight is 802 g/mol. The predicted octanol–water partition coefficient (Wildman–Crippen LogP) is 13.8. The number of nitrogens with zero attached hydrogens (tertiary/aromatic N) is 3. The molecule has 63 heavy (non-hydrogen) atoms. The normalized spacial score (nSPS) is 14.3. The smallest absolute Gasteiger partial charge is 0.164 e. The summed E-state index contributed by atoms with van der Waals surface area (Å²) in [5.74, 6) is 1.85. The van der Waals surface area contributed by atoms with E-state index in [1.165, 1.54) is 66.8 Å². The van der Waals surface area contributed by atoms with Crippen LogP contribution in [-0.4, -0.2) is 15.0 Å². The van der Waals surface area contributed by atoms with Crippen molar-refractivity contribution in [3.63, 3.8) is 0 Å². The average Bonchev–Trinajstić information content (AvgIpc) is 3.98. The van der Waals surface area contributed by atoms with E-state index in [4.69, 9.17) is 19.4 Å². The fraction of sp³-hybridized carbons (Fsp3) is 0.0339. The molecule has 0 radical (unpaired) electrons. The molecule has 4 heteroatoms. The molecule has 9 aromatic carbocycles. The lowest BCUT2D eigenvalue weighted by atomic mass is 9.51. The Labute approximate surface area is 363 Å². The molecule has 4 nitrogen and oxygen atoms in total. The highest BCUT2D eigenvalue weighted by Gasteiger charge is 2.59. The zero-order valence-electron chi connectivity index (χ0n) is 34.0. The summed E-state index contributed by atoms with van der Waals surface area (Å²) in [5, 5.41) is 2.09. The molecular weight excluding hydrogens is 767 g/mol. The molecular formula is C59H35N3O. The van der Waals surface area contributed by atoms with Gasteiger partial charge in [0.15, 0.2) is 17.5 Å². The van der Waals surface area contributed by atoms with Gasteiger partial charge in [-0.05, 0) is 91.0 Å². The van der Waals surface area contributed by atoms with Crippen molar-refractivity contribution in [1.29, 1.82) is 0 Å². The summed E-state index contributed by atoms with van der Waals surface area (Å²) in [6, 6.07) is 76.9. The molecule has 14 rings (SSSR count). The first-order valence-electron chi connectivity index (χ1n) is 21.6. The summed E-state index contributed by atoms with van der Waals surface area (Å²) in [7, 11) is 0. The number of fused-ring (bicyclic) bond motifs is 19. The van der Waals surface area contributed by atoms with Crippen LogP contribution in [0, 0.1) is 0 Å². The fourth-order valence-electron chi connectivity index (χ4n) is 11.7. The van der Waals surface area contributed by atoms with Crippen molar-refractivity contribution >= 4 is 21.9 Å². The summed E-state index contributed by atoms with van der Waals surface area (Å²) in [6.07, 6.45) is 0. The third kappa shape index (κ3) is 4.41. The quantitative estimate of drug-likeness (QED) is 0.179. The largest absolute Gasteiger partial charge is 0.456 e. The van der Waals surface area contributed by atoms with E-state index in [9.17, 15) is 0 Å². The Morgan fingerprint density at radius 3 is 1.37 bits per heavy atom. The fourth-order valence-corrected chi connectivity index (χ4v) is 11.7. The summed E-state index contributed by atoms with van der Waals surface area (Å²) >= 11 is 0. The number of aromatic nitrogens is 3. The Bertz CT molecular complexity index is 3620. The molecule has 2 aromatic heterocycles. The maximum absolute atomic E-state index is 6.27. The van der Waals surface area contributed by atoms with Crippen molar-refractivity contribution in [2.24, 2.45) is 0 Å². The van der Waals surface area contributed by atoms with Gasteiger partial charge in [0.05, 0.1) is 10.8 Å². The highest BCUT2D eigenvalue weighted by atomic mass is 16.3. The molecule has 0 N–H and O–H groups in total. The van der Waals surface area contributed by atoms with E-state index in [0.717, 1.165) is 38.6 Å². The molecule has 2 heterocycles. The lowest BCUT2D eigenvalue weighted by Crippen LogP contribution is -2.44. The molecule has 0 aliphatic heterocycles. The molecule has 0 saturated carbocycles. The van der Waals surface area contributed by atoms with Gasteiger partial charge >= 0.3 is 0 Å². The molecule has 0 bridgehead atoms. The van der Waals surface area contributed by atoms with Crippen LogP contribution in [0.2, 0.25) is 0 Å². The van der Waals surface area contributed by atoms with Gasteiger partial charge in [0.1, 0.15) is 11.2 Å². The zero-order chi connectivity index (χ0) is 41.3. The summed E-state index contributed by atoms with van der Waals surface area (Å²) in [4.78, 5) is 16.3. The van der Waals surface area contributed by atoms with Crippen LogP contribution in [-0.2, 0) is 10.8 Å². The number of rotatable bonds is 3.